The van der Waals surface area contributed by atoms with Crippen molar-refractivity contribution < 1.29 is 26.3 Å². The predicted molar refractivity (Wildman–Crippen MR) is 100 cm³/mol. The van der Waals surface area contributed by atoms with E-state index in [0.717, 1.165) is 17.4 Å². The number of rotatable bonds is 5. The summed E-state index contributed by atoms with van der Waals surface area (Å²) in [7, 11) is -2.66. The highest BCUT2D eigenvalue weighted by molar-refractivity contribution is 7.93. The number of nitrogens with one attached hydrogen (secondary N) is 2. The smallest absolute Gasteiger partial charge is 0.432 e. The summed E-state index contributed by atoms with van der Waals surface area (Å²) in [5.74, 6) is 0.267. The molecular weight excluding hydrogens is 439 g/mol. The molecule has 2 N–H and O–H groups in total. The Balaban J connectivity index is 1.96. The van der Waals surface area contributed by atoms with Crippen LogP contribution in [0.15, 0.2) is 35.2 Å². The molecule has 150 valence electrons. The predicted octanol–water partition coefficient (Wildman–Crippen LogP) is 4.93. The highest BCUT2D eigenvalue weighted by atomic mass is 35.5. The molecule has 0 saturated heterocycles. The highest BCUT2D eigenvalue weighted by Crippen LogP contribution is 2.37. The number of aromatic amines is 1. The lowest BCUT2D eigenvalue weighted by Crippen LogP contribution is -2.13. The van der Waals surface area contributed by atoms with E-state index >= 15 is 0 Å². The van der Waals surface area contributed by atoms with Crippen LogP contribution >= 0.6 is 22.9 Å². The lowest BCUT2D eigenvalue weighted by molar-refractivity contribution is -0.141. The summed E-state index contributed by atoms with van der Waals surface area (Å²) in [5, 5.41) is 5.84. The van der Waals surface area contributed by atoms with Gasteiger partial charge < -0.3 is 4.74 Å². The maximum atomic E-state index is 12.8. The van der Waals surface area contributed by atoms with Crippen molar-refractivity contribution in [3.05, 3.63) is 45.9 Å². The van der Waals surface area contributed by atoms with E-state index in [1.165, 1.54) is 25.3 Å². The number of aromatic nitrogens is 2. The fourth-order valence-corrected chi connectivity index (χ4v) is 5.20. The van der Waals surface area contributed by atoms with Crippen LogP contribution in [0.3, 0.4) is 0 Å². The normalized spacial score (nSPS) is 12.2. The topological polar surface area (TPSA) is 84.1 Å². The van der Waals surface area contributed by atoms with Gasteiger partial charge in [-0.2, -0.15) is 18.3 Å². The summed E-state index contributed by atoms with van der Waals surface area (Å²) in [6.45, 7) is 1.55. The minimum Gasteiger partial charge on any atom is -0.495 e. The summed E-state index contributed by atoms with van der Waals surface area (Å²) < 4.78 is 71.3. The van der Waals surface area contributed by atoms with E-state index in [2.05, 4.69) is 9.82 Å². The zero-order chi connectivity index (χ0) is 20.7. The Morgan fingerprint density at radius 1 is 1.25 bits per heavy atom. The average molecular weight is 452 g/mol. The van der Waals surface area contributed by atoms with Crippen LogP contribution in [0.4, 0.5) is 18.9 Å². The molecule has 0 bridgehead atoms. The van der Waals surface area contributed by atoms with Crippen LogP contribution in [-0.4, -0.2) is 25.7 Å². The number of ether oxygens (including phenoxy) is 1. The Morgan fingerprint density at radius 2 is 1.96 bits per heavy atom. The molecule has 0 spiro atoms. The van der Waals surface area contributed by atoms with Crippen LogP contribution in [0.2, 0.25) is 5.02 Å². The molecule has 0 aliphatic rings. The van der Waals surface area contributed by atoms with Gasteiger partial charge in [0.25, 0.3) is 10.0 Å². The second-order valence-corrected chi connectivity index (χ2v) is 8.99. The van der Waals surface area contributed by atoms with Gasteiger partial charge in [-0.05, 0) is 37.3 Å². The lowest BCUT2D eigenvalue weighted by Gasteiger charge is -2.12. The van der Waals surface area contributed by atoms with Crippen LogP contribution in [0.25, 0.3) is 10.6 Å². The van der Waals surface area contributed by atoms with Crippen molar-refractivity contribution in [2.75, 3.05) is 11.8 Å². The second kappa shape index (κ2) is 7.30. The minimum atomic E-state index is -4.57. The monoisotopic (exact) mass is 451 g/mol. The van der Waals surface area contributed by atoms with Crippen LogP contribution < -0.4 is 9.46 Å². The van der Waals surface area contributed by atoms with Gasteiger partial charge >= 0.3 is 6.18 Å². The van der Waals surface area contributed by atoms with Gasteiger partial charge in [0.05, 0.1) is 17.7 Å². The second-order valence-electron chi connectivity index (χ2n) is 5.65. The first-order valence-corrected chi connectivity index (χ1v) is 10.3. The van der Waals surface area contributed by atoms with Gasteiger partial charge in [0.1, 0.15) is 22.0 Å². The molecule has 0 fully saturated rings. The molecule has 2 heterocycles. The van der Waals surface area contributed by atoms with Crippen molar-refractivity contribution in [3.63, 3.8) is 0 Å². The Kier molecular flexibility index (Phi) is 5.34. The Morgan fingerprint density at radius 3 is 2.57 bits per heavy atom. The number of hydrogen-bond acceptors (Lipinski definition) is 5. The summed E-state index contributed by atoms with van der Waals surface area (Å²) in [6, 6.07) is 6.55. The molecular formula is C16H13ClF3N3O3S2. The first-order valence-electron chi connectivity index (χ1n) is 7.61. The maximum Gasteiger partial charge on any atom is 0.432 e. The molecule has 6 nitrogen and oxygen atoms in total. The third-order valence-electron chi connectivity index (χ3n) is 3.70. The van der Waals surface area contributed by atoms with Crippen molar-refractivity contribution in [3.8, 4) is 16.3 Å². The SMILES string of the molecule is COc1ccc(Cl)cc1NS(=O)(=O)c1cc(-c2cc(C(F)(F)F)[nH]n2)sc1C. The van der Waals surface area contributed by atoms with Crippen LogP contribution in [0.5, 0.6) is 5.75 Å². The number of nitrogens with zero attached hydrogens (tertiary/aromatic N) is 1. The van der Waals surface area contributed by atoms with Crippen molar-refractivity contribution in [2.24, 2.45) is 0 Å². The lowest BCUT2D eigenvalue weighted by atomic mass is 10.3. The van der Waals surface area contributed by atoms with E-state index in [4.69, 9.17) is 16.3 Å². The third kappa shape index (κ3) is 4.10. The van der Waals surface area contributed by atoms with Crippen LogP contribution in [-0.2, 0) is 16.2 Å². The van der Waals surface area contributed by atoms with E-state index in [0.29, 0.717) is 9.90 Å². The number of aryl methyl sites for hydroxylation is 1. The van der Waals surface area contributed by atoms with E-state index < -0.39 is 21.9 Å². The first-order chi connectivity index (χ1) is 13.0. The molecule has 3 aromatic rings. The van der Waals surface area contributed by atoms with Gasteiger partial charge in [0.2, 0.25) is 0 Å². The quantitative estimate of drug-likeness (QED) is 0.576. The third-order valence-corrected chi connectivity index (χ3v) is 6.63. The number of sulfonamides is 1. The number of methoxy groups -OCH3 is 1. The fraction of sp³-hybridized carbons (Fsp3) is 0.188. The molecule has 1 aromatic carbocycles. The largest absolute Gasteiger partial charge is 0.495 e. The first kappa shape index (κ1) is 20.5. The fourth-order valence-electron chi connectivity index (χ4n) is 2.41. The van der Waals surface area contributed by atoms with Gasteiger partial charge in [-0.3, -0.25) is 9.82 Å². The Labute approximate surface area is 167 Å². The van der Waals surface area contributed by atoms with Crippen molar-refractivity contribution in [2.45, 2.75) is 18.0 Å². The maximum absolute atomic E-state index is 12.8. The summed E-state index contributed by atoms with van der Waals surface area (Å²) >= 11 is 6.93. The number of halogens is 4. The van der Waals surface area contributed by atoms with Gasteiger partial charge in [-0.15, -0.1) is 11.3 Å². The van der Waals surface area contributed by atoms with E-state index in [1.807, 2.05) is 5.10 Å². The molecule has 0 aliphatic carbocycles. The summed E-state index contributed by atoms with van der Waals surface area (Å²) in [5.41, 5.74) is -0.872. The van der Waals surface area contributed by atoms with Crippen molar-refractivity contribution in [1.82, 2.24) is 10.2 Å². The summed E-state index contributed by atoms with van der Waals surface area (Å²) in [6.07, 6.45) is -4.57. The molecule has 0 radical (unpaired) electrons. The molecule has 28 heavy (non-hydrogen) atoms. The zero-order valence-electron chi connectivity index (χ0n) is 14.4. The number of H-pyrrole nitrogens is 1. The van der Waals surface area contributed by atoms with Gasteiger partial charge in [0.15, 0.2) is 0 Å². The molecule has 3 rings (SSSR count). The molecule has 0 aliphatic heterocycles. The molecule has 0 saturated carbocycles. The average Bonchev–Trinajstić information content (AvgIpc) is 3.21. The minimum absolute atomic E-state index is 0.00205. The molecule has 0 atom stereocenters. The standard InChI is InChI=1S/C16H13ClF3N3O3S2/c1-8-14(7-13(27-8)11-6-15(22-21-11)16(18,19)20)28(24,25)23-10-5-9(17)3-4-12(10)26-2/h3-7,23H,1-2H3,(H,21,22). The van der Waals surface area contributed by atoms with Gasteiger partial charge in [-0.1, -0.05) is 11.6 Å². The van der Waals surface area contributed by atoms with Crippen molar-refractivity contribution in [1.29, 1.82) is 0 Å². The van der Waals surface area contributed by atoms with Crippen molar-refractivity contribution >= 4 is 38.6 Å². The van der Waals surface area contributed by atoms with Gasteiger partial charge in [0, 0.05) is 9.90 Å². The van der Waals surface area contributed by atoms with Crippen LogP contribution in [0.1, 0.15) is 10.6 Å². The molecule has 0 unspecified atom stereocenters. The summed E-state index contributed by atoms with van der Waals surface area (Å²) in [4.78, 5) is 0.592. The van der Waals surface area contributed by atoms with E-state index in [-0.39, 0.29) is 26.9 Å². The molecule has 12 heteroatoms. The highest BCUT2D eigenvalue weighted by Gasteiger charge is 2.33. The zero-order valence-corrected chi connectivity index (χ0v) is 16.8. The van der Waals surface area contributed by atoms with Crippen LogP contribution in [0, 0.1) is 6.92 Å². The van der Waals surface area contributed by atoms with Gasteiger partial charge in [-0.25, -0.2) is 8.42 Å². The Bertz CT molecular complexity index is 1120. The number of hydrogen-bond donors (Lipinski definition) is 2. The number of thiophene rings is 1. The number of alkyl halides is 3. The number of benzene rings is 1. The van der Waals surface area contributed by atoms with E-state index in [9.17, 15) is 21.6 Å². The molecule has 2 aromatic heterocycles. The number of anilines is 1. The van der Waals surface area contributed by atoms with E-state index in [1.54, 1.807) is 13.0 Å². The Hall–Kier alpha value is -2.24. The molecule has 0 amide bonds.